The van der Waals surface area contributed by atoms with Crippen molar-refractivity contribution in [1.82, 2.24) is 4.98 Å². The van der Waals surface area contributed by atoms with Gasteiger partial charge in [0.25, 0.3) is 0 Å². The van der Waals surface area contributed by atoms with Crippen molar-refractivity contribution < 1.29 is 0 Å². The molecule has 0 spiro atoms. The van der Waals surface area contributed by atoms with Crippen LogP contribution in [0.3, 0.4) is 0 Å². The Bertz CT molecular complexity index is 353. The minimum Gasteiger partial charge on any atom is -0.244 e. The lowest BCUT2D eigenvalue weighted by molar-refractivity contribution is 1.25. The molecule has 0 amide bonds. The summed E-state index contributed by atoms with van der Waals surface area (Å²) < 4.78 is 3.71. The van der Waals surface area contributed by atoms with Crippen molar-refractivity contribution in [1.29, 1.82) is 5.26 Å². The van der Waals surface area contributed by atoms with E-state index in [0.29, 0.717) is 5.15 Å². The van der Waals surface area contributed by atoms with Crippen LogP contribution in [-0.4, -0.2) is 11.2 Å². The molecule has 0 aliphatic heterocycles. The van der Waals surface area contributed by atoms with E-state index in [-0.39, 0.29) is 10.7 Å². The summed E-state index contributed by atoms with van der Waals surface area (Å²) in [5, 5.41) is 8.80. The summed E-state index contributed by atoms with van der Waals surface area (Å²) in [5.41, 5.74) is 1.05. The Hall–Kier alpha value is -0.920. The fraction of sp³-hybridized carbons (Fsp3) is 0.250. The lowest BCUT2D eigenvalue weighted by atomic mass is 10.3. The number of pyridine rings is 1. The number of rotatable bonds is 2. The van der Waals surface area contributed by atoms with Gasteiger partial charge in [-0.05, 0) is 17.9 Å². The van der Waals surface area contributed by atoms with E-state index in [9.17, 15) is 0 Å². The highest BCUT2D eigenvalue weighted by Crippen LogP contribution is 2.07. The first-order chi connectivity index (χ1) is 6.22. The summed E-state index contributed by atoms with van der Waals surface area (Å²) in [6.45, 7) is 0. The number of hydrogen-bond acceptors (Lipinski definition) is 3. The van der Waals surface area contributed by atoms with Crippen LogP contribution in [0.25, 0.3) is 0 Å². The van der Waals surface area contributed by atoms with E-state index >= 15 is 0 Å². The van der Waals surface area contributed by atoms with Crippen LogP contribution in [0, 0.1) is 11.5 Å². The van der Waals surface area contributed by atoms with E-state index in [4.69, 9.17) is 16.9 Å². The molecule has 0 saturated heterocycles. The van der Waals surface area contributed by atoms with Gasteiger partial charge in [0, 0.05) is 11.9 Å². The highest BCUT2D eigenvalue weighted by atomic mass is 35.5. The molecule has 1 heterocycles. The van der Waals surface area contributed by atoms with Crippen LogP contribution in [0.2, 0.25) is 5.15 Å². The molecule has 0 aromatic carbocycles. The predicted octanol–water partition coefficient (Wildman–Crippen LogP) is 2.15. The van der Waals surface area contributed by atoms with E-state index < -0.39 is 0 Å². The molecular formula is C8H8ClN3S. The largest absolute Gasteiger partial charge is 0.244 e. The van der Waals surface area contributed by atoms with E-state index in [1.165, 1.54) is 0 Å². The standard InChI is InChI=1S/C8H8ClN3S/c1-13(12-6-10)5-7-2-3-8(9)11-4-7/h2-4H,5H2,1H3. The van der Waals surface area contributed by atoms with Crippen molar-refractivity contribution in [2.45, 2.75) is 5.75 Å². The molecule has 1 aromatic rings. The maximum Gasteiger partial charge on any atom is 0.212 e. The maximum atomic E-state index is 8.31. The number of nitrogens with zero attached hydrogens (tertiary/aromatic N) is 3. The van der Waals surface area contributed by atoms with Crippen LogP contribution in [0.4, 0.5) is 0 Å². The third-order valence-electron chi connectivity index (χ3n) is 1.36. The molecule has 1 unspecified atom stereocenters. The maximum absolute atomic E-state index is 8.31. The zero-order valence-electron chi connectivity index (χ0n) is 7.07. The fourth-order valence-electron chi connectivity index (χ4n) is 0.835. The Morgan fingerprint density at radius 3 is 3.00 bits per heavy atom. The Morgan fingerprint density at radius 2 is 2.46 bits per heavy atom. The van der Waals surface area contributed by atoms with Gasteiger partial charge < -0.3 is 0 Å². The molecule has 68 valence electrons. The molecule has 0 N–H and O–H groups in total. The Labute approximate surface area is 84.5 Å². The lowest BCUT2D eigenvalue weighted by Crippen LogP contribution is -1.92. The SMILES string of the molecule is C/S(Cc1ccc(Cl)nc1)=N\C#N. The first kappa shape index (κ1) is 10.2. The van der Waals surface area contributed by atoms with Crippen LogP contribution < -0.4 is 0 Å². The van der Waals surface area contributed by atoms with E-state index in [0.717, 1.165) is 11.3 Å². The summed E-state index contributed by atoms with van der Waals surface area (Å²) in [6.07, 6.45) is 5.41. The minimum atomic E-state index is -0.247. The van der Waals surface area contributed by atoms with Crippen molar-refractivity contribution in [2.75, 3.05) is 6.26 Å². The molecule has 0 aliphatic carbocycles. The topological polar surface area (TPSA) is 49.0 Å². The Balaban J connectivity index is 2.71. The molecule has 5 heteroatoms. The van der Waals surface area contributed by atoms with Crippen molar-refractivity contribution in [3.8, 4) is 6.19 Å². The lowest BCUT2D eigenvalue weighted by Gasteiger charge is -1.99. The molecule has 3 nitrogen and oxygen atoms in total. The summed E-state index contributed by atoms with van der Waals surface area (Å²) in [6, 6.07) is 3.63. The second kappa shape index (κ2) is 4.95. The monoisotopic (exact) mass is 213 g/mol. The Kier molecular flexibility index (Phi) is 3.87. The zero-order chi connectivity index (χ0) is 9.68. The molecule has 0 fully saturated rings. The molecule has 1 atom stereocenters. The van der Waals surface area contributed by atoms with Gasteiger partial charge >= 0.3 is 0 Å². The molecule has 0 saturated carbocycles. The van der Waals surface area contributed by atoms with Crippen LogP contribution in [0.15, 0.2) is 22.7 Å². The minimum absolute atomic E-state index is 0.247. The second-order valence-electron chi connectivity index (χ2n) is 2.43. The molecule has 1 rings (SSSR count). The van der Waals surface area contributed by atoms with Gasteiger partial charge in [0.05, 0.1) is 0 Å². The molecule has 13 heavy (non-hydrogen) atoms. The normalized spacial score (nSPS) is 12.4. The summed E-state index contributed by atoms with van der Waals surface area (Å²) in [4.78, 5) is 3.94. The van der Waals surface area contributed by atoms with Gasteiger partial charge in [0.2, 0.25) is 6.19 Å². The van der Waals surface area contributed by atoms with Gasteiger partial charge in [-0.1, -0.05) is 28.4 Å². The summed E-state index contributed by atoms with van der Waals surface area (Å²) in [7, 11) is -0.247. The third kappa shape index (κ3) is 3.53. The summed E-state index contributed by atoms with van der Waals surface area (Å²) >= 11 is 5.62. The number of hydrogen-bond donors (Lipinski definition) is 0. The van der Waals surface area contributed by atoms with Crippen LogP contribution in [-0.2, 0) is 16.4 Å². The van der Waals surface area contributed by atoms with Gasteiger partial charge in [-0.25, -0.2) is 4.98 Å². The first-order valence-corrected chi connectivity index (χ1v) is 5.69. The van der Waals surface area contributed by atoms with Gasteiger partial charge in [0.15, 0.2) is 0 Å². The van der Waals surface area contributed by atoms with Gasteiger partial charge in [-0.15, -0.1) is 0 Å². The number of aromatic nitrogens is 1. The van der Waals surface area contributed by atoms with E-state index in [1.54, 1.807) is 18.5 Å². The quantitative estimate of drug-likeness (QED) is 0.558. The highest BCUT2D eigenvalue weighted by Gasteiger charge is 1.95. The van der Waals surface area contributed by atoms with Gasteiger partial charge in [-0.2, -0.15) is 9.62 Å². The third-order valence-corrected chi connectivity index (χ3v) is 2.73. The second-order valence-corrected chi connectivity index (χ2v) is 4.48. The van der Waals surface area contributed by atoms with Gasteiger partial charge in [0.1, 0.15) is 5.15 Å². The average Bonchev–Trinajstić information content (AvgIpc) is 2.09. The fourth-order valence-corrected chi connectivity index (χ4v) is 1.80. The highest BCUT2D eigenvalue weighted by molar-refractivity contribution is 7.85. The van der Waals surface area contributed by atoms with Crippen molar-refractivity contribution in [3.05, 3.63) is 29.0 Å². The van der Waals surface area contributed by atoms with Crippen LogP contribution in [0.1, 0.15) is 5.56 Å². The smallest absolute Gasteiger partial charge is 0.212 e. The first-order valence-electron chi connectivity index (χ1n) is 3.55. The van der Waals surface area contributed by atoms with Crippen LogP contribution >= 0.6 is 11.6 Å². The van der Waals surface area contributed by atoms with E-state index in [1.807, 2.05) is 12.3 Å². The van der Waals surface area contributed by atoms with Crippen molar-refractivity contribution >= 4 is 22.3 Å². The van der Waals surface area contributed by atoms with E-state index in [2.05, 4.69) is 9.35 Å². The average molecular weight is 214 g/mol. The molecule has 1 aromatic heterocycles. The number of nitriles is 1. The predicted molar refractivity (Wildman–Crippen MR) is 54.3 cm³/mol. The summed E-state index contributed by atoms with van der Waals surface area (Å²) in [5.74, 6) is 0.748. The van der Waals surface area contributed by atoms with Gasteiger partial charge in [-0.3, -0.25) is 0 Å². The molecule has 0 bridgehead atoms. The van der Waals surface area contributed by atoms with Crippen molar-refractivity contribution in [2.24, 2.45) is 4.36 Å². The number of halogens is 1. The molecule has 0 aliphatic rings. The van der Waals surface area contributed by atoms with Crippen molar-refractivity contribution in [3.63, 3.8) is 0 Å². The Morgan fingerprint density at radius 1 is 1.69 bits per heavy atom. The van der Waals surface area contributed by atoms with Crippen LogP contribution in [0.5, 0.6) is 0 Å². The molecule has 0 radical (unpaired) electrons. The zero-order valence-corrected chi connectivity index (χ0v) is 8.64. The molecular weight excluding hydrogens is 206 g/mol.